The Balaban J connectivity index is 1.63. The van der Waals surface area contributed by atoms with Crippen LogP contribution in [0.4, 0.5) is 0 Å². The van der Waals surface area contributed by atoms with Crippen molar-refractivity contribution in [3.05, 3.63) is 66.4 Å². The molecule has 1 saturated heterocycles. The molecule has 1 fully saturated rings. The monoisotopic (exact) mass is 439 g/mol. The van der Waals surface area contributed by atoms with Gasteiger partial charge in [0.1, 0.15) is 11.3 Å². The fourth-order valence-electron chi connectivity index (χ4n) is 4.56. The lowest BCUT2D eigenvalue weighted by atomic mass is 10.1. The van der Waals surface area contributed by atoms with Crippen molar-refractivity contribution < 1.29 is 13.2 Å². The van der Waals surface area contributed by atoms with E-state index in [1.807, 2.05) is 25.1 Å². The highest BCUT2D eigenvalue weighted by atomic mass is 32.2. The van der Waals surface area contributed by atoms with E-state index in [4.69, 9.17) is 4.74 Å². The molecule has 1 aliphatic heterocycles. The molecule has 1 aromatic heterocycles. The Morgan fingerprint density at radius 1 is 1.16 bits per heavy atom. The minimum absolute atomic E-state index is 0.0602. The molecule has 7 heteroatoms. The molecular weight excluding hydrogens is 410 g/mol. The van der Waals surface area contributed by atoms with Crippen LogP contribution in [0.1, 0.15) is 31.9 Å². The summed E-state index contributed by atoms with van der Waals surface area (Å²) in [6.07, 6.45) is 2.47. The van der Waals surface area contributed by atoms with E-state index in [9.17, 15) is 8.42 Å². The van der Waals surface area contributed by atoms with Gasteiger partial charge in [-0.15, -0.1) is 0 Å². The van der Waals surface area contributed by atoms with E-state index >= 15 is 0 Å². The van der Waals surface area contributed by atoms with Crippen LogP contribution >= 0.6 is 0 Å². The average Bonchev–Trinajstić information content (AvgIpc) is 3.28. The molecule has 3 aromatic rings. The van der Waals surface area contributed by atoms with Gasteiger partial charge in [0, 0.05) is 43.3 Å². The van der Waals surface area contributed by atoms with Gasteiger partial charge in [-0.1, -0.05) is 37.3 Å². The first kappa shape index (κ1) is 21.7. The molecular formula is C24H29N3O3S. The van der Waals surface area contributed by atoms with Crippen molar-refractivity contribution in [2.75, 3.05) is 26.7 Å². The van der Waals surface area contributed by atoms with Gasteiger partial charge in [-0.2, -0.15) is 4.31 Å². The van der Waals surface area contributed by atoms with Crippen molar-refractivity contribution in [2.45, 2.75) is 37.2 Å². The van der Waals surface area contributed by atoms with Gasteiger partial charge in [-0.25, -0.2) is 8.42 Å². The molecule has 0 saturated carbocycles. The van der Waals surface area contributed by atoms with Crippen molar-refractivity contribution >= 4 is 20.9 Å². The summed E-state index contributed by atoms with van der Waals surface area (Å²) in [6.45, 7) is 6.11. The van der Waals surface area contributed by atoms with Gasteiger partial charge in [0.15, 0.2) is 0 Å². The molecule has 164 valence electrons. The molecule has 2 heterocycles. The summed E-state index contributed by atoms with van der Waals surface area (Å²) >= 11 is 0. The number of rotatable bonds is 7. The average molecular weight is 440 g/mol. The second kappa shape index (κ2) is 8.94. The summed E-state index contributed by atoms with van der Waals surface area (Å²) in [5.74, 6) is 0.571. The van der Waals surface area contributed by atoms with Crippen LogP contribution in [-0.4, -0.2) is 55.4 Å². The Morgan fingerprint density at radius 2 is 1.94 bits per heavy atom. The zero-order valence-corrected chi connectivity index (χ0v) is 19.0. The number of ether oxygens (including phenoxy) is 1. The highest BCUT2D eigenvalue weighted by Gasteiger charge is 2.37. The zero-order chi connectivity index (χ0) is 22.0. The Morgan fingerprint density at radius 3 is 2.65 bits per heavy atom. The molecule has 2 aromatic carbocycles. The number of sulfonamides is 1. The van der Waals surface area contributed by atoms with Crippen LogP contribution < -0.4 is 4.74 Å². The summed E-state index contributed by atoms with van der Waals surface area (Å²) in [5.41, 5.74) is 1.81. The van der Waals surface area contributed by atoms with E-state index in [-0.39, 0.29) is 17.0 Å². The van der Waals surface area contributed by atoms with E-state index in [0.29, 0.717) is 23.2 Å². The molecule has 0 N–H and O–H groups in total. The summed E-state index contributed by atoms with van der Waals surface area (Å²) < 4.78 is 34.5. The molecule has 4 rings (SSSR count). The highest BCUT2D eigenvalue weighted by Crippen LogP contribution is 2.34. The summed E-state index contributed by atoms with van der Waals surface area (Å²) in [4.78, 5) is 7.01. The molecule has 0 unspecified atom stereocenters. The number of likely N-dealkylation sites (N-methyl/N-ethyl adjacent to an activating group) is 1. The third-order valence-corrected chi connectivity index (χ3v) is 8.33. The van der Waals surface area contributed by atoms with Crippen LogP contribution in [0.25, 0.3) is 10.9 Å². The van der Waals surface area contributed by atoms with Gasteiger partial charge in [0.05, 0.1) is 12.0 Å². The maximum atomic E-state index is 13.7. The number of nitrogens with zero attached hydrogens (tertiary/aromatic N) is 3. The number of benzene rings is 2. The number of likely N-dealkylation sites (tertiary alicyclic amines) is 1. The Bertz CT molecular complexity index is 1150. The van der Waals surface area contributed by atoms with Crippen LogP contribution in [0.3, 0.4) is 0 Å². The molecule has 2 atom stereocenters. The molecule has 31 heavy (non-hydrogen) atoms. The van der Waals surface area contributed by atoms with Gasteiger partial charge in [-0.3, -0.25) is 9.88 Å². The van der Waals surface area contributed by atoms with Gasteiger partial charge >= 0.3 is 0 Å². The lowest BCUT2D eigenvalue weighted by Crippen LogP contribution is -2.42. The van der Waals surface area contributed by atoms with Crippen molar-refractivity contribution in [1.82, 2.24) is 14.2 Å². The summed E-state index contributed by atoms with van der Waals surface area (Å²) in [5, 5.41) is 0.591. The third kappa shape index (κ3) is 4.05. The topological polar surface area (TPSA) is 62.7 Å². The van der Waals surface area contributed by atoms with Crippen molar-refractivity contribution in [3.8, 4) is 5.75 Å². The van der Waals surface area contributed by atoms with E-state index in [2.05, 4.69) is 28.9 Å². The van der Waals surface area contributed by atoms with Crippen molar-refractivity contribution in [1.29, 1.82) is 0 Å². The Hall–Kier alpha value is -2.48. The number of hydrogen-bond donors (Lipinski definition) is 0. The molecule has 6 nitrogen and oxygen atoms in total. The lowest BCUT2D eigenvalue weighted by molar-refractivity contribution is 0.239. The normalized spacial score (nSPS) is 18.5. The SMILES string of the molecule is CCN([C@@H]1CCN([C@@H](C)c2ccccc2)C1)S(=O)(=O)c1ccc(OC)c2ncccc12. The van der Waals surface area contributed by atoms with E-state index in [1.165, 1.54) is 5.56 Å². The number of hydrogen-bond acceptors (Lipinski definition) is 5. The molecule has 0 bridgehead atoms. The maximum Gasteiger partial charge on any atom is 0.244 e. The van der Waals surface area contributed by atoms with E-state index in [0.717, 1.165) is 19.5 Å². The number of fused-ring (bicyclic) bond motifs is 1. The smallest absolute Gasteiger partial charge is 0.244 e. The Labute approximate surface area is 184 Å². The molecule has 0 radical (unpaired) electrons. The van der Waals surface area contributed by atoms with Crippen LogP contribution in [0.5, 0.6) is 5.75 Å². The highest BCUT2D eigenvalue weighted by molar-refractivity contribution is 7.89. The fraction of sp³-hybridized carbons (Fsp3) is 0.375. The molecule has 0 amide bonds. The third-order valence-electron chi connectivity index (χ3n) is 6.24. The van der Waals surface area contributed by atoms with E-state index < -0.39 is 10.0 Å². The standard InChI is InChI=1S/C24H29N3O3S/c1-4-27(20-14-16-26(17-20)18(2)19-9-6-5-7-10-19)31(28,29)23-13-12-22(30-3)24-21(23)11-8-15-25-24/h5-13,15,18,20H,4,14,16-17H2,1-3H3/t18-,20+/m0/s1. The first-order valence-corrected chi connectivity index (χ1v) is 12.1. The molecule has 0 aliphatic carbocycles. The second-order valence-electron chi connectivity index (χ2n) is 7.90. The predicted molar refractivity (Wildman–Crippen MR) is 123 cm³/mol. The number of pyridine rings is 1. The quantitative estimate of drug-likeness (QED) is 0.555. The first-order valence-electron chi connectivity index (χ1n) is 10.7. The lowest BCUT2D eigenvalue weighted by Gasteiger charge is -2.29. The van der Waals surface area contributed by atoms with Gasteiger partial charge in [0.25, 0.3) is 0 Å². The van der Waals surface area contributed by atoms with Gasteiger partial charge in [-0.05, 0) is 43.2 Å². The van der Waals surface area contributed by atoms with Crippen LogP contribution in [-0.2, 0) is 10.0 Å². The van der Waals surface area contributed by atoms with Crippen LogP contribution in [0, 0.1) is 0 Å². The van der Waals surface area contributed by atoms with E-state index in [1.54, 1.807) is 41.9 Å². The first-order chi connectivity index (χ1) is 15.0. The predicted octanol–water partition coefficient (Wildman–Crippen LogP) is 4.09. The van der Waals surface area contributed by atoms with Crippen molar-refractivity contribution in [3.63, 3.8) is 0 Å². The summed E-state index contributed by atoms with van der Waals surface area (Å²) in [7, 11) is -2.12. The van der Waals surface area contributed by atoms with Crippen LogP contribution in [0.15, 0.2) is 65.7 Å². The second-order valence-corrected chi connectivity index (χ2v) is 9.76. The molecule has 1 aliphatic rings. The zero-order valence-electron chi connectivity index (χ0n) is 18.2. The largest absolute Gasteiger partial charge is 0.494 e. The van der Waals surface area contributed by atoms with Gasteiger partial charge < -0.3 is 4.74 Å². The number of aromatic nitrogens is 1. The summed E-state index contributed by atoms with van der Waals surface area (Å²) in [6, 6.07) is 17.4. The fourth-order valence-corrected chi connectivity index (χ4v) is 6.40. The maximum absolute atomic E-state index is 13.7. The van der Waals surface area contributed by atoms with Crippen LogP contribution in [0.2, 0.25) is 0 Å². The van der Waals surface area contributed by atoms with Gasteiger partial charge in [0.2, 0.25) is 10.0 Å². The minimum Gasteiger partial charge on any atom is -0.494 e. The minimum atomic E-state index is -3.69. The Kier molecular flexibility index (Phi) is 6.27. The van der Waals surface area contributed by atoms with Crippen molar-refractivity contribution in [2.24, 2.45) is 0 Å². The number of methoxy groups -OCH3 is 1. The molecule has 0 spiro atoms.